The van der Waals surface area contributed by atoms with E-state index in [1.54, 1.807) is 12.1 Å². The average molecular weight is 390 g/mol. The standard InChI is InChI=1S/C17H20FN3O2.2ClH/c18-14-3-1-13(2-4-14)17-21-15(11-23-17)9-16(22)20-8-6-12-5-7-19-10-12;;/h1-4,11-12,19H,5-10H2,(H,20,22);2*1H. The third kappa shape index (κ3) is 6.30. The minimum absolute atomic E-state index is 0. The predicted molar refractivity (Wildman–Crippen MR) is 98.7 cm³/mol. The van der Waals surface area contributed by atoms with Gasteiger partial charge in [0.25, 0.3) is 0 Å². The summed E-state index contributed by atoms with van der Waals surface area (Å²) in [6, 6.07) is 5.90. The third-order valence-corrected chi connectivity index (χ3v) is 4.02. The highest BCUT2D eigenvalue weighted by Gasteiger charge is 2.15. The topological polar surface area (TPSA) is 67.2 Å². The van der Waals surface area contributed by atoms with E-state index in [9.17, 15) is 9.18 Å². The predicted octanol–water partition coefficient (Wildman–Crippen LogP) is 2.98. The van der Waals surface area contributed by atoms with E-state index in [1.807, 2.05) is 0 Å². The number of benzene rings is 1. The van der Waals surface area contributed by atoms with Crippen LogP contribution in [0, 0.1) is 11.7 Å². The number of hydrogen-bond acceptors (Lipinski definition) is 4. The van der Waals surface area contributed by atoms with Crippen molar-refractivity contribution in [1.29, 1.82) is 0 Å². The number of amides is 1. The van der Waals surface area contributed by atoms with Gasteiger partial charge < -0.3 is 15.1 Å². The van der Waals surface area contributed by atoms with Crippen molar-refractivity contribution in [2.45, 2.75) is 19.3 Å². The number of carbonyl (C=O) groups is 1. The lowest BCUT2D eigenvalue weighted by molar-refractivity contribution is -0.120. The minimum Gasteiger partial charge on any atom is -0.444 e. The van der Waals surface area contributed by atoms with E-state index in [0.717, 1.165) is 19.5 Å². The lowest BCUT2D eigenvalue weighted by Gasteiger charge is -2.08. The lowest BCUT2D eigenvalue weighted by Crippen LogP contribution is -2.27. The fourth-order valence-electron chi connectivity index (χ4n) is 2.72. The number of aromatic nitrogens is 1. The van der Waals surface area contributed by atoms with Gasteiger partial charge in [-0.15, -0.1) is 24.8 Å². The fourth-order valence-corrected chi connectivity index (χ4v) is 2.72. The Balaban J connectivity index is 0.00000156. The third-order valence-electron chi connectivity index (χ3n) is 4.02. The Morgan fingerprint density at radius 1 is 1.32 bits per heavy atom. The zero-order valence-electron chi connectivity index (χ0n) is 13.7. The number of halogens is 3. The molecule has 1 aromatic carbocycles. The number of carbonyl (C=O) groups excluding carboxylic acids is 1. The first-order valence-corrected chi connectivity index (χ1v) is 7.88. The van der Waals surface area contributed by atoms with Gasteiger partial charge in [-0.2, -0.15) is 0 Å². The molecule has 1 unspecified atom stereocenters. The highest BCUT2D eigenvalue weighted by molar-refractivity contribution is 5.85. The summed E-state index contributed by atoms with van der Waals surface area (Å²) in [5.41, 5.74) is 1.26. The molecule has 2 N–H and O–H groups in total. The second-order valence-electron chi connectivity index (χ2n) is 5.83. The Kier molecular flexibility index (Phi) is 8.89. The quantitative estimate of drug-likeness (QED) is 0.796. The monoisotopic (exact) mass is 389 g/mol. The van der Waals surface area contributed by atoms with Crippen molar-refractivity contribution in [2.75, 3.05) is 19.6 Å². The second kappa shape index (κ2) is 10.4. The van der Waals surface area contributed by atoms with Crippen molar-refractivity contribution in [3.8, 4) is 11.5 Å². The molecule has 25 heavy (non-hydrogen) atoms. The van der Waals surface area contributed by atoms with Crippen LogP contribution in [0.5, 0.6) is 0 Å². The minimum atomic E-state index is -0.308. The first-order valence-electron chi connectivity index (χ1n) is 7.88. The van der Waals surface area contributed by atoms with Gasteiger partial charge in [0, 0.05) is 12.1 Å². The molecule has 1 aliphatic heterocycles. The van der Waals surface area contributed by atoms with Crippen LogP contribution in [0.2, 0.25) is 0 Å². The zero-order valence-corrected chi connectivity index (χ0v) is 15.3. The van der Waals surface area contributed by atoms with E-state index in [-0.39, 0.29) is 43.0 Å². The SMILES string of the molecule is Cl.Cl.O=C(Cc1coc(-c2ccc(F)cc2)n1)NCCC1CCNC1. The Morgan fingerprint density at radius 2 is 2.08 bits per heavy atom. The Hall–Kier alpha value is -1.63. The molecule has 2 aromatic rings. The molecule has 138 valence electrons. The van der Waals surface area contributed by atoms with Crippen LogP contribution in [0.1, 0.15) is 18.5 Å². The Labute approximate surface area is 158 Å². The van der Waals surface area contributed by atoms with E-state index in [1.165, 1.54) is 24.8 Å². The molecule has 2 heterocycles. The van der Waals surface area contributed by atoms with E-state index in [0.29, 0.717) is 29.6 Å². The summed E-state index contributed by atoms with van der Waals surface area (Å²) in [6.07, 6.45) is 3.84. The summed E-state index contributed by atoms with van der Waals surface area (Å²) in [4.78, 5) is 16.2. The summed E-state index contributed by atoms with van der Waals surface area (Å²) < 4.78 is 18.3. The van der Waals surface area contributed by atoms with Crippen LogP contribution < -0.4 is 10.6 Å². The molecule has 1 aromatic heterocycles. The lowest BCUT2D eigenvalue weighted by atomic mass is 10.1. The Bertz CT molecular complexity index is 658. The van der Waals surface area contributed by atoms with Crippen molar-refractivity contribution in [3.05, 3.63) is 42.0 Å². The van der Waals surface area contributed by atoms with E-state index in [2.05, 4.69) is 15.6 Å². The molecule has 0 bridgehead atoms. The first-order chi connectivity index (χ1) is 11.2. The van der Waals surface area contributed by atoms with Gasteiger partial charge in [-0.25, -0.2) is 9.37 Å². The number of hydrogen-bond donors (Lipinski definition) is 2. The molecule has 1 atom stereocenters. The van der Waals surface area contributed by atoms with Crippen molar-refractivity contribution < 1.29 is 13.6 Å². The van der Waals surface area contributed by atoms with Crippen LogP contribution in [0.25, 0.3) is 11.5 Å². The normalized spacial score (nSPS) is 16.0. The molecule has 5 nitrogen and oxygen atoms in total. The summed E-state index contributed by atoms with van der Waals surface area (Å²) >= 11 is 0. The molecule has 3 rings (SSSR count). The van der Waals surface area contributed by atoms with Crippen LogP contribution >= 0.6 is 24.8 Å². The van der Waals surface area contributed by atoms with Crippen molar-refractivity contribution in [1.82, 2.24) is 15.6 Å². The van der Waals surface area contributed by atoms with Crippen LogP contribution in [0.15, 0.2) is 34.9 Å². The van der Waals surface area contributed by atoms with Crippen LogP contribution in [0.4, 0.5) is 4.39 Å². The van der Waals surface area contributed by atoms with Gasteiger partial charge in [0.1, 0.15) is 12.1 Å². The van der Waals surface area contributed by atoms with Crippen molar-refractivity contribution >= 4 is 30.7 Å². The van der Waals surface area contributed by atoms with Gasteiger partial charge in [0.2, 0.25) is 11.8 Å². The van der Waals surface area contributed by atoms with Gasteiger partial charge in [-0.05, 0) is 56.1 Å². The number of rotatable bonds is 6. The maximum Gasteiger partial charge on any atom is 0.226 e. The molecule has 0 saturated carbocycles. The molecular weight excluding hydrogens is 368 g/mol. The maximum absolute atomic E-state index is 12.9. The van der Waals surface area contributed by atoms with E-state index >= 15 is 0 Å². The molecular formula is C17H22Cl2FN3O2. The largest absolute Gasteiger partial charge is 0.444 e. The van der Waals surface area contributed by atoms with Gasteiger partial charge in [-0.3, -0.25) is 4.79 Å². The molecule has 1 amide bonds. The smallest absolute Gasteiger partial charge is 0.226 e. The highest BCUT2D eigenvalue weighted by atomic mass is 35.5. The van der Waals surface area contributed by atoms with Gasteiger partial charge in [-0.1, -0.05) is 0 Å². The summed E-state index contributed by atoms with van der Waals surface area (Å²) in [5, 5.41) is 6.23. The van der Waals surface area contributed by atoms with E-state index in [4.69, 9.17) is 4.42 Å². The van der Waals surface area contributed by atoms with Crippen molar-refractivity contribution in [2.24, 2.45) is 5.92 Å². The van der Waals surface area contributed by atoms with Crippen LogP contribution in [-0.2, 0) is 11.2 Å². The molecule has 1 saturated heterocycles. The summed E-state index contributed by atoms with van der Waals surface area (Å²) in [6.45, 7) is 2.80. The maximum atomic E-state index is 12.9. The average Bonchev–Trinajstić information content (AvgIpc) is 3.20. The number of nitrogens with zero attached hydrogens (tertiary/aromatic N) is 1. The molecule has 0 radical (unpaired) electrons. The molecule has 8 heteroatoms. The molecule has 0 spiro atoms. The van der Waals surface area contributed by atoms with Crippen molar-refractivity contribution in [3.63, 3.8) is 0 Å². The highest BCUT2D eigenvalue weighted by Crippen LogP contribution is 2.19. The number of oxazole rings is 1. The molecule has 0 aliphatic carbocycles. The zero-order chi connectivity index (χ0) is 16.1. The molecule has 1 aliphatic rings. The first kappa shape index (κ1) is 21.4. The molecule has 1 fully saturated rings. The van der Waals surface area contributed by atoms with Gasteiger partial charge in [0.05, 0.1) is 12.1 Å². The summed E-state index contributed by atoms with van der Waals surface area (Å²) in [5.74, 6) is 0.685. The second-order valence-corrected chi connectivity index (χ2v) is 5.83. The Morgan fingerprint density at radius 3 is 2.76 bits per heavy atom. The van der Waals surface area contributed by atoms with Crippen LogP contribution in [-0.4, -0.2) is 30.5 Å². The summed E-state index contributed by atoms with van der Waals surface area (Å²) in [7, 11) is 0. The van der Waals surface area contributed by atoms with Gasteiger partial charge in [0.15, 0.2) is 0 Å². The fraction of sp³-hybridized carbons (Fsp3) is 0.412. The number of nitrogens with one attached hydrogen (secondary N) is 2. The van der Waals surface area contributed by atoms with Crippen LogP contribution in [0.3, 0.4) is 0 Å². The van der Waals surface area contributed by atoms with Gasteiger partial charge >= 0.3 is 0 Å². The van der Waals surface area contributed by atoms with E-state index < -0.39 is 0 Å².